The second-order valence-electron chi connectivity index (χ2n) is 11.8. The Balaban J connectivity index is 1.41. The molecule has 3 heterocycles. The third-order valence-corrected chi connectivity index (χ3v) is 9.14. The fourth-order valence-corrected chi connectivity index (χ4v) is 7.18. The zero-order valence-electron chi connectivity index (χ0n) is 23.5. The molecule has 0 unspecified atom stereocenters. The molecule has 0 radical (unpaired) electrons. The van der Waals surface area contributed by atoms with Crippen LogP contribution < -0.4 is 4.90 Å². The molecule has 0 spiro atoms. The number of furan rings is 1. The number of fused-ring (bicyclic) bond motifs is 9. The fraction of sp³-hybridized carbons (Fsp3) is 0.0769. The number of hydrogen-bond acceptors (Lipinski definition) is 2. The van der Waals surface area contributed by atoms with E-state index in [4.69, 9.17) is 4.42 Å². The zero-order valence-corrected chi connectivity index (χ0v) is 23.5. The van der Waals surface area contributed by atoms with Gasteiger partial charge in [-0.1, -0.05) is 92.7 Å². The molecule has 0 amide bonds. The Morgan fingerprint density at radius 3 is 1.95 bits per heavy atom. The van der Waals surface area contributed by atoms with Gasteiger partial charge in [0.2, 0.25) is 0 Å². The maximum atomic E-state index is 6.62. The van der Waals surface area contributed by atoms with E-state index in [1.165, 1.54) is 49.4 Å². The van der Waals surface area contributed by atoms with Crippen LogP contribution in [-0.2, 0) is 5.41 Å². The number of hydrogen-bond donors (Lipinski definition) is 0. The summed E-state index contributed by atoms with van der Waals surface area (Å²) in [4.78, 5) is 2.34. The summed E-state index contributed by atoms with van der Waals surface area (Å²) in [5.74, 6) is 0. The van der Waals surface area contributed by atoms with Gasteiger partial charge in [-0.05, 0) is 65.7 Å². The smallest absolute Gasteiger partial charge is 0.145 e. The highest BCUT2D eigenvalue weighted by Crippen LogP contribution is 2.52. The van der Waals surface area contributed by atoms with Crippen molar-refractivity contribution in [1.82, 2.24) is 4.57 Å². The normalized spacial score (nSPS) is 13.7. The van der Waals surface area contributed by atoms with E-state index in [1.807, 2.05) is 0 Å². The SMILES string of the molecule is CC1(C)c2ccc(N(c3ccccc3)c3ccccc3)cc2-n2c3ccccc3c3c4oc5ccccc5c4cc1c32. The summed E-state index contributed by atoms with van der Waals surface area (Å²) in [7, 11) is 0. The molecule has 0 atom stereocenters. The molecular formula is C39H28N2O. The molecule has 2 aromatic heterocycles. The van der Waals surface area contributed by atoms with Gasteiger partial charge < -0.3 is 13.9 Å². The van der Waals surface area contributed by atoms with E-state index >= 15 is 0 Å². The molecule has 1 aliphatic rings. The highest BCUT2D eigenvalue weighted by atomic mass is 16.3. The molecule has 0 bridgehead atoms. The summed E-state index contributed by atoms with van der Waals surface area (Å²) < 4.78 is 9.10. The second kappa shape index (κ2) is 8.37. The predicted octanol–water partition coefficient (Wildman–Crippen LogP) is 10.8. The minimum absolute atomic E-state index is 0.215. The lowest BCUT2D eigenvalue weighted by Gasteiger charge is -2.36. The van der Waals surface area contributed by atoms with Crippen LogP contribution in [0.25, 0.3) is 49.4 Å². The Morgan fingerprint density at radius 1 is 0.571 bits per heavy atom. The summed E-state index contributed by atoms with van der Waals surface area (Å²) in [6.45, 7) is 4.73. The molecule has 0 saturated carbocycles. The number of nitrogens with zero attached hydrogens (tertiary/aromatic N) is 2. The third-order valence-electron chi connectivity index (χ3n) is 9.14. The van der Waals surface area contributed by atoms with Crippen molar-refractivity contribution in [3.05, 3.63) is 145 Å². The van der Waals surface area contributed by atoms with Gasteiger partial charge in [0.1, 0.15) is 11.2 Å². The quantitative estimate of drug-likeness (QED) is 0.222. The average molecular weight is 541 g/mol. The van der Waals surface area contributed by atoms with Crippen LogP contribution in [-0.4, -0.2) is 4.57 Å². The standard InChI is InChI=1S/C39H28N2O/c1-39(2)31-22-21-27(40(25-13-5-3-6-14-25)26-15-7-4-8-16-26)23-34(31)41-33-19-11-9-18-29(33)36-37(41)32(39)24-30-28-17-10-12-20-35(28)42-38(30)36/h3-24H,1-2H3. The topological polar surface area (TPSA) is 21.3 Å². The Morgan fingerprint density at radius 2 is 1.21 bits per heavy atom. The first-order chi connectivity index (χ1) is 20.6. The largest absolute Gasteiger partial charge is 0.455 e. The van der Waals surface area contributed by atoms with Crippen LogP contribution in [0.4, 0.5) is 17.1 Å². The lowest BCUT2D eigenvalue weighted by Crippen LogP contribution is -2.26. The van der Waals surface area contributed by atoms with Crippen molar-refractivity contribution in [2.24, 2.45) is 0 Å². The molecular weight excluding hydrogens is 512 g/mol. The van der Waals surface area contributed by atoms with E-state index in [-0.39, 0.29) is 5.41 Å². The Hall–Kier alpha value is -5.28. The highest BCUT2D eigenvalue weighted by molar-refractivity contribution is 6.25. The van der Waals surface area contributed by atoms with Crippen molar-refractivity contribution in [3.8, 4) is 5.69 Å². The van der Waals surface area contributed by atoms with Gasteiger partial charge in [-0.2, -0.15) is 0 Å². The van der Waals surface area contributed by atoms with E-state index in [1.54, 1.807) is 0 Å². The summed E-state index contributed by atoms with van der Waals surface area (Å²) in [5.41, 5.74) is 11.4. The molecule has 0 saturated heterocycles. The van der Waals surface area contributed by atoms with Crippen molar-refractivity contribution < 1.29 is 4.42 Å². The molecule has 9 rings (SSSR count). The van der Waals surface area contributed by atoms with Crippen LogP contribution >= 0.6 is 0 Å². The van der Waals surface area contributed by atoms with E-state index in [9.17, 15) is 0 Å². The van der Waals surface area contributed by atoms with Crippen molar-refractivity contribution >= 4 is 60.8 Å². The number of para-hydroxylation sites is 4. The average Bonchev–Trinajstić information content (AvgIpc) is 3.57. The van der Waals surface area contributed by atoms with Gasteiger partial charge >= 0.3 is 0 Å². The summed E-state index contributed by atoms with van der Waals surface area (Å²) >= 11 is 0. The maximum Gasteiger partial charge on any atom is 0.145 e. The van der Waals surface area contributed by atoms with Gasteiger partial charge in [0.05, 0.1) is 22.1 Å². The molecule has 8 aromatic rings. The summed E-state index contributed by atoms with van der Waals surface area (Å²) in [6.07, 6.45) is 0. The molecule has 0 fully saturated rings. The Bertz CT molecular complexity index is 2280. The molecule has 42 heavy (non-hydrogen) atoms. The van der Waals surface area contributed by atoms with Gasteiger partial charge in [0, 0.05) is 38.6 Å². The van der Waals surface area contributed by atoms with Crippen LogP contribution in [0, 0.1) is 0 Å². The molecule has 0 N–H and O–H groups in total. The number of anilines is 3. The van der Waals surface area contributed by atoms with E-state index in [0.29, 0.717) is 0 Å². The van der Waals surface area contributed by atoms with Crippen molar-refractivity contribution in [2.75, 3.05) is 4.90 Å². The van der Waals surface area contributed by atoms with Crippen LogP contribution in [0.3, 0.4) is 0 Å². The summed E-state index contributed by atoms with van der Waals surface area (Å²) in [6, 6.07) is 47.8. The fourth-order valence-electron chi connectivity index (χ4n) is 7.18. The molecule has 6 aromatic carbocycles. The van der Waals surface area contributed by atoms with Crippen LogP contribution in [0.15, 0.2) is 138 Å². The van der Waals surface area contributed by atoms with E-state index in [2.05, 4.69) is 157 Å². The van der Waals surface area contributed by atoms with E-state index in [0.717, 1.165) is 28.2 Å². The van der Waals surface area contributed by atoms with Gasteiger partial charge in [0.15, 0.2) is 0 Å². The van der Waals surface area contributed by atoms with Gasteiger partial charge in [-0.3, -0.25) is 0 Å². The van der Waals surface area contributed by atoms with Crippen LogP contribution in [0.2, 0.25) is 0 Å². The van der Waals surface area contributed by atoms with Crippen LogP contribution in [0.5, 0.6) is 0 Å². The second-order valence-corrected chi connectivity index (χ2v) is 11.8. The first-order valence-electron chi connectivity index (χ1n) is 14.5. The van der Waals surface area contributed by atoms with Gasteiger partial charge in [-0.15, -0.1) is 0 Å². The number of benzene rings is 6. The Kier molecular flexibility index (Phi) is 4.67. The monoisotopic (exact) mass is 540 g/mol. The lowest BCUT2D eigenvalue weighted by molar-refractivity contribution is 0.630. The van der Waals surface area contributed by atoms with Gasteiger partial charge in [-0.25, -0.2) is 0 Å². The van der Waals surface area contributed by atoms with Crippen molar-refractivity contribution in [1.29, 1.82) is 0 Å². The molecule has 3 heteroatoms. The molecule has 1 aliphatic heterocycles. The maximum absolute atomic E-state index is 6.62. The zero-order chi connectivity index (χ0) is 28.0. The minimum Gasteiger partial charge on any atom is -0.455 e. The minimum atomic E-state index is -0.215. The van der Waals surface area contributed by atoms with E-state index < -0.39 is 0 Å². The number of rotatable bonds is 3. The lowest BCUT2D eigenvalue weighted by atomic mass is 9.74. The third kappa shape index (κ3) is 3.05. The number of aromatic nitrogens is 1. The predicted molar refractivity (Wildman–Crippen MR) is 175 cm³/mol. The highest BCUT2D eigenvalue weighted by Gasteiger charge is 2.37. The molecule has 3 nitrogen and oxygen atoms in total. The van der Waals surface area contributed by atoms with Crippen molar-refractivity contribution in [3.63, 3.8) is 0 Å². The summed E-state index contributed by atoms with van der Waals surface area (Å²) in [5, 5.41) is 4.76. The van der Waals surface area contributed by atoms with Crippen molar-refractivity contribution in [2.45, 2.75) is 19.3 Å². The first kappa shape index (κ1) is 23.4. The molecule has 0 aliphatic carbocycles. The first-order valence-corrected chi connectivity index (χ1v) is 14.5. The molecule has 200 valence electrons. The Labute approximate surface area is 243 Å². The van der Waals surface area contributed by atoms with Crippen LogP contribution in [0.1, 0.15) is 25.0 Å². The van der Waals surface area contributed by atoms with Gasteiger partial charge in [0.25, 0.3) is 0 Å².